The maximum atomic E-state index is 12.1. The van der Waals surface area contributed by atoms with Crippen LogP contribution >= 0.6 is 27.5 Å². The van der Waals surface area contributed by atoms with Gasteiger partial charge in [0.25, 0.3) is 0 Å². The summed E-state index contributed by atoms with van der Waals surface area (Å²) in [5.74, 6) is 0.0402. The SMILES string of the molecule is O=C(/C=C/c1cc[c]c(Cl)c1-c1ccccc1Br)NCCCN1CCCC1=O. The highest BCUT2D eigenvalue weighted by Crippen LogP contribution is 2.36. The molecule has 0 unspecified atom stereocenters. The normalized spacial score (nSPS) is 14.1. The summed E-state index contributed by atoms with van der Waals surface area (Å²) in [7, 11) is 0. The summed E-state index contributed by atoms with van der Waals surface area (Å²) in [6, 6.07) is 14.4. The summed E-state index contributed by atoms with van der Waals surface area (Å²) in [4.78, 5) is 25.6. The van der Waals surface area contributed by atoms with Crippen LogP contribution in [0.2, 0.25) is 5.02 Å². The fraction of sp³-hybridized carbons (Fsp3) is 0.273. The lowest BCUT2D eigenvalue weighted by Crippen LogP contribution is -2.29. The number of nitrogens with one attached hydrogen (secondary N) is 1. The predicted molar refractivity (Wildman–Crippen MR) is 116 cm³/mol. The van der Waals surface area contributed by atoms with Gasteiger partial charge in [0.2, 0.25) is 11.8 Å². The minimum atomic E-state index is -0.171. The van der Waals surface area contributed by atoms with Crippen molar-refractivity contribution in [2.45, 2.75) is 19.3 Å². The van der Waals surface area contributed by atoms with Gasteiger partial charge in [-0.05, 0) is 36.1 Å². The van der Waals surface area contributed by atoms with E-state index in [0.29, 0.717) is 24.5 Å². The third-order valence-corrected chi connectivity index (χ3v) is 5.60. The van der Waals surface area contributed by atoms with Crippen LogP contribution in [-0.4, -0.2) is 36.3 Å². The molecular formula is C22H21BrClN2O2. The number of carbonyl (C=O) groups is 2. The van der Waals surface area contributed by atoms with Gasteiger partial charge < -0.3 is 10.2 Å². The Hall–Kier alpha value is -2.11. The van der Waals surface area contributed by atoms with Gasteiger partial charge >= 0.3 is 0 Å². The van der Waals surface area contributed by atoms with Crippen molar-refractivity contribution in [3.05, 3.63) is 63.6 Å². The van der Waals surface area contributed by atoms with E-state index >= 15 is 0 Å². The number of hydrogen-bond acceptors (Lipinski definition) is 2. The third-order valence-electron chi connectivity index (χ3n) is 4.61. The van der Waals surface area contributed by atoms with Gasteiger partial charge in [0, 0.05) is 48.2 Å². The summed E-state index contributed by atoms with van der Waals surface area (Å²) in [6.07, 6.45) is 5.59. The van der Waals surface area contributed by atoms with Crippen molar-refractivity contribution in [3.8, 4) is 11.1 Å². The van der Waals surface area contributed by atoms with E-state index in [0.717, 1.165) is 40.5 Å². The van der Waals surface area contributed by atoms with Crippen LogP contribution in [0.1, 0.15) is 24.8 Å². The van der Waals surface area contributed by atoms with Crippen molar-refractivity contribution < 1.29 is 9.59 Å². The fourth-order valence-corrected chi connectivity index (χ4v) is 3.97. The van der Waals surface area contributed by atoms with E-state index < -0.39 is 0 Å². The molecule has 6 heteroatoms. The molecule has 0 aliphatic carbocycles. The largest absolute Gasteiger partial charge is 0.352 e. The summed E-state index contributed by atoms with van der Waals surface area (Å²) in [6.45, 7) is 2.06. The van der Waals surface area contributed by atoms with E-state index in [-0.39, 0.29) is 11.8 Å². The van der Waals surface area contributed by atoms with Crippen molar-refractivity contribution in [1.29, 1.82) is 0 Å². The quantitative estimate of drug-likeness (QED) is 0.480. The molecule has 28 heavy (non-hydrogen) atoms. The van der Waals surface area contributed by atoms with Gasteiger partial charge in [0.05, 0.1) is 5.02 Å². The molecule has 145 valence electrons. The molecule has 1 aliphatic heterocycles. The van der Waals surface area contributed by atoms with Gasteiger partial charge in [-0.2, -0.15) is 0 Å². The van der Waals surface area contributed by atoms with E-state index in [1.165, 1.54) is 6.08 Å². The Morgan fingerprint density at radius 3 is 2.89 bits per heavy atom. The maximum absolute atomic E-state index is 12.1. The molecule has 2 aromatic rings. The molecule has 2 amide bonds. The number of carbonyl (C=O) groups excluding carboxylic acids is 2. The van der Waals surface area contributed by atoms with Crippen molar-refractivity contribution in [1.82, 2.24) is 10.2 Å². The predicted octanol–water partition coefficient (Wildman–Crippen LogP) is 4.71. The maximum Gasteiger partial charge on any atom is 0.244 e. The van der Waals surface area contributed by atoms with E-state index in [4.69, 9.17) is 11.6 Å². The zero-order valence-electron chi connectivity index (χ0n) is 15.4. The lowest BCUT2D eigenvalue weighted by atomic mass is 9.99. The number of hydrogen-bond donors (Lipinski definition) is 1. The smallest absolute Gasteiger partial charge is 0.244 e. The van der Waals surface area contributed by atoms with Crippen molar-refractivity contribution >= 4 is 45.4 Å². The van der Waals surface area contributed by atoms with Gasteiger partial charge in [-0.3, -0.25) is 9.59 Å². The van der Waals surface area contributed by atoms with Crippen LogP contribution in [0.4, 0.5) is 0 Å². The monoisotopic (exact) mass is 459 g/mol. The fourth-order valence-electron chi connectivity index (χ4n) is 3.21. The molecule has 0 aromatic heterocycles. The van der Waals surface area contributed by atoms with Gasteiger partial charge in [0.1, 0.15) is 0 Å². The second-order valence-corrected chi connectivity index (χ2v) is 7.80. The molecule has 1 saturated heterocycles. The molecule has 2 aromatic carbocycles. The Kier molecular flexibility index (Phi) is 7.29. The van der Waals surface area contributed by atoms with Crippen LogP contribution in [-0.2, 0) is 9.59 Å². The van der Waals surface area contributed by atoms with Crippen LogP contribution < -0.4 is 5.32 Å². The number of nitrogens with zero attached hydrogens (tertiary/aromatic N) is 1. The van der Waals surface area contributed by atoms with E-state index in [9.17, 15) is 9.59 Å². The standard InChI is InChI=1S/C22H21BrClN2O2/c23-18-8-2-1-7-17(18)22-16(6-3-9-19(22)24)11-12-20(27)25-13-5-15-26-14-4-10-21(26)28/h1-3,6-8,11-12H,4-5,10,13-15H2,(H,25,27)/b12-11+. The van der Waals surface area contributed by atoms with Gasteiger partial charge in [-0.1, -0.05) is 57.9 Å². The molecule has 1 N–H and O–H groups in total. The van der Waals surface area contributed by atoms with Crippen LogP contribution in [0.3, 0.4) is 0 Å². The summed E-state index contributed by atoms with van der Waals surface area (Å²) in [5.41, 5.74) is 2.61. The average molecular weight is 461 g/mol. The van der Waals surface area contributed by atoms with Crippen LogP contribution in [0, 0.1) is 6.07 Å². The topological polar surface area (TPSA) is 49.4 Å². The Balaban J connectivity index is 1.61. The molecule has 1 aliphatic rings. The van der Waals surface area contributed by atoms with Crippen molar-refractivity contribution in [3.63, 3.8) is 0 Å². The molecule has 4 nitrogen and oxygen atoms in total. The van der Waals surface area contributed by atoms with Crippen molar-refractivity contribution in [2.24, 2.45) is 0 Å². The number of halogens is 2. The Morgan fingerprint density at radius 2 is 2.14 bits per heavy atom. The number of likely N-dealkylation sites (tertiary alicyclic amines) is 1. The first kappa shape index (κ1) is 20.6. The minimum absolute atomic E-state index is 0.171. The number of rotatable bonds is 7. The van der Waals surface area contributed by atoms with Gasteiger partial charge in [-0.25, -0.2) is 0 Å². The first-order valence-electron chi connectivity index (χ1n) is 9.25. The Bertz CT molecular complexity index is 898. The van der Waals surface area contributed by atoms with E-state index in [2.05, 4.69) is 27.3 Å². The van der Waals surface area contributed by atoms with Crippen LogP contribution in [0.25, 0.3) is 17.2 Å². The lowest BCUT2D eigenvalue weighted by Gasteiger charge is -2.14. The second-order valence-electron chi connectivity index (χ2n) is 6.56. The zero-order valence-corrected chi connectivity index (χ0v) is 17.7. The molecule has 0 saturated carbocycles. The highest BCUT2D eigenvalue weighted by atomic mass is 79.9. The van der Waals surface area contributed by atoms with Gasteiger partial charge in [-0.15, -0.1) is 0 Å². The van der Waals surface area contributed by atoms with Crippen LogP contribution in [0.15, 0.2) is 46.9 Å². The first-order valence-corrected chi connectivity index (χ1v) is 10.4. The highest BCUT2D eigenvalue weighted by molar-refractivity contribution is 9.10. The van der Waals surface area contributed by atoms with Crippen LogP contribution in [0.5, 0.6) is 0 Å². The third kappa shape index (κ3) is 5.24. The van der Waals surface area contributed by atoms with E-state index in [1.54, 1.807) is 12.1 Å². The molecule has 3 rings (SSSR count). The second kappa shape index (κ2) is 9.89. The van der Waals surface area contributed by atoms with Gasteiger partial charge in [0.15, 0.2) is 0 Å². The number of benzene rings is 2. The highest BCUT2D eigenvalue weighted by Gasteiger charge is 2.19. The molecule has 1 radical (unpaired) electrons. The summed E-state index contributed by atoms with van der Waals surface area (Å²) < 4.78 is 0.923. The van der Waals surface area contributed by atoms with E-state index in [1.807, 2.05) is 35.2 Å². The molecule has 0 bridgehead atoms. The molecule has 0 spiro atoms. The molecule has 1 heterocycles. The first-order chi connectivity index (χ1) is 13.6. The zero-order chi connectivity index (χ0) is 19.9. The molecule has 1 fully saturated rings. The average Bonchev–Trinajstić information content (AvgIpc) is 3.09. The summed E-state index contributed by atoms with van der Waals surface area (Å²) >= 11 is 9.94. The minimum Gasteiger partial charge on any atom is -0.352 e. The Labute approximate surface area is 178 Å². The summed E-state index contributed by atoms with van der Waals surface area (Å²) in [5, 5.41) is 3.37. The molecular weight excluding hydrogens is 440 g/mol. The number of amides is 2. The molecule has 0 atom stereocenters. The van der Waals surface area contributed by atoms with Crippen molar-refractivity contribution in [2.75, 3.05) is 19.6 Å². The Morgan fingerprint density at radius 1 is 1.32 bits per heavy atom. The lowest BCUT2D eigenvalue weighted by molar-refractivity contribution is -0.127.